The maximum Gasteiger partial charge on any atom is 0.340 e. The molecule has 1 atom stereocenters. The molecule has 0 spiro atoms. The summed E-state index contributed by atoms with van der Waals surface area (Å²) in [6, 6.07) is 4.60. The summed E-state index contributed by atoms with van der Waals surface area (Å²) in [4.78, 5) is 12.4. The Hall–Kier alpha value is -2.13. The van der Waals surface area contributed by atoms with Gasteiger partial charge in [-0.2, -0.15) is 0 Å². The molecule has 1 unspecified atom stereocenters. The molecule has 2 aromatic rings. The average molecular weight is 263 g/mol. The summed E-state index contributed by atoms with van der Waals surface area (Å²) in [7, 11) is 1.25. The van der Waals surface area contributed by atoms with Crippen LogP contribution in [-0.2, 0) is 20.8 Å². The molecule has 0 aliphatic rings. The second kappa shape index (κ2) is 6.71. The van der Waals surface area contributed by atoms with Crippen molar-refractivity contribution in [3.05, 3.63) is 71.7 Å². The van der Waals surface area contributed by atoms with Crippen LogP contribution < -0.4 is 0 Å². The summed E-state index contributed by atoms with van der Waals surface area (Å²) in [6.45, 7) is -2.95. The summed E-state index contributed by atoms with van der Waals surface area (Å²) < 4.78 is 64.3. The van der Waals surface area contributed by atoms with Gasteiger partial charge in [-0.15, -0.1) is 0 Å². The van der Waals surface area contributed by atoms with Gasteiger partial charge in [0.15, 0.2) is 6.10 Å². The lowest BCUT2D eigenvalue weighted by Crippen LogP contribution is -2.17. The number of rotatable bonds is 5. The first-order valence-corrected chi connectivity index (χ1v) is 5.49. The van der Waals surface area contributed by atoms with Crippen LogP contribution in [0.3, 0.4) is 0 Å². The quantitative estimate of drug-likeness (QED) is 0.777. The SMILES string of the molecule is [2H]c1c([2H])c([2H])c(C([2H])([2H])OC(=O)C(OC)c2ccccc2)c([2H])c1[2H]. The van der Waals surface area contributed by atoms with E-state index >= 15 is 0 Å². The third-order valence-corrected chi connectivity index (χ3v) is 2.31. The first-order chi connectivity index (χ1) is 12.1. The molecule has 0 aliphatic carbocycles. The lowest BCUT2D eigenvalue weighted by atomic mass is 10.1. The van der Waals surface area contributed by atoms with E-state index in [1.165, 1.54) is 7.11 Å². The van der Waals surface area contributed by atoms with Crippen LogP contribution >= 0.6 is 0 Å². The standard InChI is InChI=1S/C16H16O3/c1-18-15(14-10-6-3-7-11-14)16(17)19-12-13-8-4-2-5-9-13/h2-11,15H,12H2,1H3/i2D,4D,5D,8D,9D,12D2. The van der Waals surface area contributed by atoms with Gasteiger partial charge in [-0.05, 0) is 11.1 Å². The zero-order valence-corrected chi connectivity index (χ0v) is 10.2. The predicted molar refractivity (Wildman–Crippen MR) is 72.4 cm³/mol. The first-order valence-electron chi connectivity index (χ1n) is 8.99. The fraction of sp³-hybridized carbons (Fsp3) is 0.188. The highest BCUT2D eigenvalue weighted by molar-refractivity contribution is 5.76. The molecular formula is C16H16O3. The van der Waals surface area contributed by atoms with Crippen molar-refractivity contribution in [2.45, 2.75) is 12.7 Å². The third-order valence-electron chi connectivity index (χ3n) is 2.31. The molecule has 0 saturated heterocycles. The minimum Gasteiger partial charge on any atom is -0.459 e. The van der Waals surface area contributed by atoms with Gasteiger partial charge in [-0.1, -0.05) is 60.5 Å². The number of carbonyl (C=O) groups is 1. The maximum atomic E-state index is 12.4. The van der Waals surface area contributed by atoms with Crippen molar-refractivity contribution < 1.29 is 23.9 Å². The van der Waals surface area contributed by atoms with E-state index in [9.17, 15) is 4.79 Å². The van der Waals surface area contributed by atoms with Gasteiger partial charge in [0.1, 0.15) is 6.56 Å². The number of esters is 1. The van der Waals surface area contributed by atoms with Crippen LogP contribution in [0.1, 0.15) is 26.8 Å². The summed E-state index contributed by atoms with van der Waals surface area (Å²) in [5.41, 5.74) is -0.323. The molecule has 0 aliphatic heterocycles. The van der Waals surface area contributed by atoms with E-state index in [4.69, 9.17) is 19.1 Å². The van der Waals surface area contributed by atoms with Gasteiger partial charge in [0.25, 0.3) is 0 Å². The van der Waals surface area contributed by atoms with Gasteiger partial charge in [0.05, 0.1) is 9.60 Å². The lowest BCUT2D eigenvalue weighted by Gasteiger charge is -2.14. The molecule has 0 heterocycles. The predicted octanol–water partition coefficient (Wildman–Crippen LogP) is 3.12. The Balaban J connectivity index is 2.41. The number of hydrogen-bond donors (Lipinski definition) is 0. The molecule has 0 bridgehead atoms. The monoisotopic (exact) mass is 263 g/mol. The van der Waals surface area contributed by atoms with Crippen molar-refractivity contribution in [2.75, 3.05) is 7.11 Å². The van der Waals surface area contributed by atoms with Crippen molar-refractivity contribution in [3.8, 4) is 0 Å². The molecule has 3 heteroatoms. The van der Waals surface area contributed by atoms with Crippen LogP contribution in [0.15, 0.2) is 60.5 Å². The average Bonchev–Trinajstić information content (AvgIpc) is 2.59. The minimum atomic E-state index is -2.95. The second-order valence-corrected chi connectivity index (χ2v) is 3.55. The number of hydrogen-bond acceptors (Lipinski definition) is 3. The molecule has 0 radical (unpaired) electrons. The molecule has 0 amide bonds. The highest BCUT2D eigenvalue weighted by Gasteiger charge is 2.21. The van der Waals surface area contributed by atoms with Gasteiger partial charge in [0.2, 0.25) is 0 Å². The van der Waals surface area contributed by atoms with Crippen molar-refractivity contribution in [1.82, 2.24) is 0 Å². The topological polar surface area (TPSA) is 35.5 Å². The van der Waals surface area contributed by atoms with Crippen LogP contribution in [0.5, 0.6) is 0 Å². The summed E-state index contributed by atoms with van der Waals surface area (Å²) in [6.07, 6.45) is -1.23. The summed E-state index contributed by atoms with van der Waals surface area (Å²) in [5.74, 6) is -1.09. The molecule has 0 aromatic heterocycles. The number of methoxy groups -OCH3 is 1. The molecule has 0 N–H and O–H groups in total. The first kappa shape index (κ1) is 6.87. The smallest absolute Gasteiger partial charge is 0.340 e. The second-order valence-electron chi connectivity index (χ2n) is 3.55. The Kier molecular flexibility index (Phi) is 2.43. The van der Waals surface area contributed by atoms with Crippen molar-refractivity contribution in [3.63, 3.8) is 0 Å². The van der Waals surface area contributed by atoms with Crippen molar-refractivity contribution in [1.29, 1.82) is 0 Å². The summed E-state index contributed by atoms with van der Waals surface area (Å²) in [5, 5.41) is 0. The number of carbonyl (C=O) groups excluding carboxylic acids is 1. The van der Waals surface area contributed by atoms with Gasteiger partial charge >= 0.3 is 5.97 Å². The van der Waals surface area contributed by atoms with Crippen LogP contribution in [0.4, 0.5) is 0 Å². The summed E-state index contributed by atoms with van der Waals surface area (Å²) >= 11 is 0. The van der Waals surface area contributed by atoms with E-state index in [1.54, 1.807) is 30.3 Å². The van der Waals surface area contributed by atoms with E-state index in [1.807, 2.05) is 0 Å². The maximum absolute atomic E-state index is 12.4. The molecule has 2 rings (SSSR count). The fourth-order valence-corrected chi connectivity index (χ4v) is 1.45. The Morgan fingerprint density at radius 1 is 1.26 bits per heavy atom. The zero-order valence-electron chi connectivity index (χ0n) is 17.2. The van der Waals surface area contributed by atoms with Crippen LogP contribution in [0.25, 0.3) is 0 Å². The highest BCUT2D eigenvalue weighted by Crippen LogP contribution is 2.18. The molecule has 3 nitrogen and oxygen atoms in total. The van der Waals surface area contributed by atoms with Gasteiger partial charge in [0, 0.05) is 7.11 Å². The number of benzene rings is 2. The van der Waals surface area contributed by atoms with E-state index in [0.717, 1.165) is 0 Å². The van der Waals surface area contributed by atoms with E-state index in [-0.39, 0.29) is 0 Å². The van der Waals surface area contributed by atoms with E-state index in [2.05, 4.69) is 0 Å². The Labute approximate surface area is 122 Å². The van der Waals surface area contributed by atoms with Gasteiger partial charge in [-0.3, -0.25) is 0 Å². The molecule has 0 fully saturated rings. The van der Waals surface area contributed by atoms with Gasteiger partial charge in [-0.25, -0.2) is 4.79 Å². The van der Waals surface area contributed by atoms with Crippen molar-refractivity contribution >= 4 is 5.97 Å². The third kappa shape index (κ3) is 3.66. The Morgan fingerprint density at radius 3 is 2.58 bits per heavy atom. The molecule has 0 saturated carbocycles. The molecule has 2 aromatic carbocycles. The Bertz CT molecular complexity index is 795. The van der Waals surface area contributed by atoms with Gasteiger partial charge < -0.3 is 9.47 Å². The highest BCUT2D eigenvalue weighted by atomic mass is 16.6. The van der Waals surface area contributed by atoms with E-state index < -0.39 is 54.4 Å². The normalized spacial score (nSPS) is 17.8. The molecule has 19 heavy (non-hydrogen) atoms. The zero-order chi connectivity index (χ0) is 19.6. The Morgan fingerprint density at radius 2 is 1.95 bits per heavy atom. The van der Waals surface area contributed by atoms with E-state index in [0.29, 0.717) is 5.56 Å². The van der Waals surface area contributed by atoms with Crippen LogP contribution in [0.2, 0.25) is 0 Å². The molecular weight excluding hydrogens is 240 g/mol. The van der Waals surface area contributed by atoms with Crippen LogP contribution in [-0.4, -0.2) is 13.1 Å². The van der Waals surface area contributed by atoms with Crippen molar-refractivity contribution in [2.24, 2.45) is 0 Å². The minimum absolute atomic E-state index is 0.428. The largest absolute Gasteiger partial charge is 0.459 e. The lowest BCUT2D eigenvalue weighted by molar-refractivity contribution is -0.157. The van der Waals surface area contributed by atoms with Crippen LogP contribution in [0, 0.1) is 0 Å². The fourth-order valence-electron chi connectivity index (χ4n) is 1.45. The molecule has 98 valence electrons. The number of ether oxygens (including phenoxy) is 2.